The number of ketones is 1. The van der Waals surface area contributed by atoms with Crippen molar-refractivity contribution >= 4 is 5.78 Å². The van der Waals surface area contributed by atoms with Crippen LogP contribution in [0.3, 0.4) is 0 Å². The molecule has 1 unspecified atom stereocenters. The van der Waals surface area contributed by atoms with Gasteiger partial charge in [-0.25, -0.2) is 0 Å². The minimum Gasteiger partial charge on any atom is -0.493 e. The number of rotatable bonds is 7. The largest absolute Gasteiger partial charge is 0.493 e. The molecule has 1 aromatic carbocycles. The molecule has 3 heteroatoms. The zero-order valence-electron chi connectivity index (χ0n) is 11.7. The van der Waals surface area contributed by atoms with Crippen molar-refractivity contribution in [2.45, 2.75) is 33.1 Å². The van der Waals surface area contributed by atoms with Gasteiger partial charge in [-0.1, -0.05) is 32.8 Å². The van der Waals surface area contributed by atoms with E-state index in [0.717, 1.165) is 12.8 Å². The standard InChI is InChI=1S/C15H22O3/c1-5-7-11(2)10-13(16)12-8-6-9-14(17-3)15(12)18-4/h6,8-9,11H,5,7,10H2,1-4H3. The highest BCUT2D eigenvalue weighted by Gasteiger charge is 2.18. The number of carbonyl (C=O) groups is 1. The summed E-state index contributed by atoms with van der Waals surface area (Å²) in [6, 6.07) is 5.41. The summed E-state index contributed by atoms with van der Waals surface area (Å²) in [6.07, 6.45) is 2.72. The van der Waals surface area contributed by atoms with E-state index in [1.807, 2.05) is 6.07 Å². The average molecular weight is 250 g/mol. The van der Waals surface area contributed by atoms with Crippen LogP contribution in [0, 0.1) is 5.92 Å². The van der Waals surface area contributed by atoms with Crippen molar-refractivity contribution in [2.75, 3.05) is 14.2 Å². The monoisotopic (exact) mass is 250 g/mol. The van der Waals surface area contributed by atoms with Crippen LogP contribution in [0.5, 0.6) is 11.5 Å². The summed E-state index contributed by atoms with van der Waals surface area (Å²) >= 11 is 0. The third-order valence-corrected chi connectivity index (χ3v) is 3.02. The first kappa shape index (κ1) is 14.6. The van der Waals surface area contributed by atoms with Crippen LogP contribution in [0.1, 0.15) is 43.5 Å². The van der Waals surface area contributed by atoms with Crippen LogP contribution in [0.4, 0.5) is 0 Å². The van der Waals surface area contributed by atoms with Crippen LogP contribution in [-0.4, -0.2) is 20.0 Å². The molecular weight excluding hydrogens is 228 g/mol. The number of carbonyl (C=O) groups excluding carboxylic acids is 1. The Labute approximate surface area is 109 Å². The first-order valence-electron chi connectivity index (χ1n) is 6.38. The second kappa shape index (κ2) is 7.04. The topological polar surface area (TPSA) is 35.5 Å². The van der Waals surface area contributed by atoms with Gasteiger partial charge in [0.1, 0.15) is 0 Å². The van der Waals surface area contributed by atoms with Crippen LogP contribution < -0.4 is 9.47 Å². The van der Waals surface area contributed by atoms with Crippen molar-refractivity contribution in [3.05, 3.63) is 23.8 Å². The van der Waals surface area contributed by atoms with Crippen LogP contribution in [0.2, 0.25) is 0 Å². The fourth-order valence-electron chi connectivity index (χ4n) is 2.13. The molecule has 0 spiro atoms. The van der Waals surface area contributed by atoms with Gasteiger partial charge in [-0.15, -0.1) is 0 Å². The predicted octanol–water partition coefficient (Wildman–Crippen LogP) is 3.71. The molecule has 0 bridgehead atoms. The van der Waals surface area contributed by atoms with E-state index in [1.165, 1.54) is 0 Å². The Hall–Kier alpha value is -1.51. The summed E-state index contributed by atoms with van der Waals surface area (Å²) < 4.78 is 10.5. The van der Waals surface area contributed by atoms with Crippen LogP contribution >= 0.6 is 0 Å². The maximum Gasteiger partial charge on any atom is 0.171 e. The number of hydrogen-bond acceptors (Lipinski definition) is 3. The summed E-state index contributed by atoms with van der Waals surface area (Å²) in [4.78, 5) is 12.2. The lowest BCUT2D eigenvalue weighted by Crippen LogP contribution is -2.08. The molecule has 100 valence electrons. The number of hydrogen-bond donors (Lipinski definition) is 0. The van der Waals surface area contributed by atoms with Gasteiger partial charge >= 0.3 is 0 Å². The Balaban J connectivity index is 2.91. The lowest BCUT2D eigenvalue weighted by atomic mass is 9.95. The fourth-order valence-corrected chi connectivity index (χ4v) is 2.13. The molecule has 0 fully saturated rings. The fraction of sp³-hybridized carbons (Fsp3) is 0.533. The first-order valence-corrected chi connectivity index (χ1v) is 6.38. The highest BCUT2D eigenvalue weighted by Crippen LogP contribution is 2.32. The number of Topliss-reactive ketones (excluding diaryl/α,β-unsaturated/α-hetero) is 1. The van der Waals surface area contributed by atoms with E-state index in [1.54, 1.807) is 26.4 Å². The smallest absolute Gasteiger partial charge is 0.171 e. The second-order valence-corrected chi connectivity index (χ2v) is 4.56. The molecule has 1 rings (SSSR count). The highest BCUT2D eigenvalue weighted by atomic mass is 16.5. The summed E-state index contributed by atoms with van der Waals surface area (Å²) in [5, 5.41) is 0. The van der Waals surface area contributed by atoms with Gasteiger partial charge in [-0.05, 0) is 18.1 Å². The van der Waals surface area contributed by atoms with E-state index >= 15 is 0 Å². The van der Waals surface area contributed by atoms with E-state index in [4.69, 9.17) is 9.47 Å². The number of benzene rings is 1. The molecule has 0 heterocycles. The zero-order valence-corrected chi connectivity index (χ0v) is 11.7. The molecule has 1 atom stereocenters. The molecule has 0 aliphatic heterocycles. The highest BCUT2D eigenvalue weighted by molar-refractivity contribution is 5.99. The molecule has 0 aliphatic carbocycles. The average Bonchev–Trinajstić information content (AvgIpc) is 2.37. The molecule has 0 radical (unpaired) electrons. The lowest BCUT2D eigenvalue weighted by Gasteiger charge is -2.13. The lowest BCUT2D eigenvalue weighted by molar-refractivity contribution is 0.0959. The van der Waals surface area contributed by atoms with Gasteiger partial charge in [0, 0.05) is 6.42 Å². The Morgan fingerprint density at radius 1 is 1.28 bits per heavy atom. The minimum atomic E-state index is 0.117. The molecule has 0 saturated heterocycles. The molecule has 1 aromatic rings. The van der Waals surface area contributed by atoms with E-state index < -0.39 is 0 Å². The number of para-hydroxylation sites is 1. The minimum absolute atomic E-state index is 0.117. The quantitative estimate of drug-likeness (QED) is 0.692. The maximum absolute atomic E-state index is 12.2. The van der Waals surface area contributed by atoms with Gasteiger partial charge < -0.3 is 9.47 Å². The van der Waals surface area contributed by atoms with Crippen molar-refractivity contribution in [1.82, 2.24) is 0 Å². The number of methoxy groups -OCH3 is 2. The Bertz CT molecular complexity index is 399. The SMILES string of the molecule is CCCC(C)CC(=O)c1cccc(OC)c1OC. The maximum atomic E-state index is 12.2. The molecule has 0 saturated carbocycles. The van der Waals surface area contributed by atoms with Gasteiger partial charge in [-0.2, -0.15) is 0 Å². The molecule has 18 heavy (non-hydrogen) atoms. The molecule has 0 aromatic heterocycles. The van der Waals surface area contributed by atoms with Crippen molar-refractivity contribution in [3.63, 3.8) is 0 Å². The normalized spacial score (nSPS) is 12.0. The van der Waals surface area contributed by atoms with Gasteiger partial charge in [0.25, 0.3) is 0 Å². The summed E-state index contributed by atoms with van der Waals surface area (Å²) in [7, 11) is 3.13. The van der Waals surface area contributed by atoms with Crippen LogP contribution in [-0.2, 0) is 0 Å². The van der Waals surface area contributed by atoms with Crippen molar-refractivity contribution < 1.29 is 14.3 Å². The van der Waals surface area contributed by atoms with Crippen LogP contribution in [0.15, 0.2) is 18.2 Å². The van der Waals surface area contributed by atoms with E-state index in [-0.39, 0.29) is 5.78 Å². The molecular formula is C15H22O3. The summed E-state index contributed by atoms with van der Waals surface area (Å²) in [6.45, 7) is 4.24. The van der Waals surface area contributed by atoms with Crippen LogP contribution in [0.25, 0.3) is 0 Å². The Kier molecular flexibility index (Phi) is 5.69. The molecule has 0 amide bonds. The molecule has 3 nitrogen and oxygen atoms in total. The third kappa shape index (κ3) is 3.49. The summed E-state index contributed by atoms with van der Waals surface area (Å²) in [5.74, 6) is 1.66. The second-order valence-electron chi connectivity index (χ2n) is 4.56. The van der Waals surface area contributed by atoms with Crippen molar-refractivity contribution in [2.24, 2.45) is 5.92 Å². The predicted molar refractivity (Wildman–Crippen MR) is 72.6 cm³/mol. The van der Waals surface area contributed by atoms with E-state index in [0.29, 0.717) is 29.4 Å². The number of ether oxygens (including phenoxy) is 2. The Morgan fingerprint density at radius 3 is 2.56 bits per heavy atom. The van der Waals surface area contributed by atoms with Gasteiger partial charge in [-0.3, -0.25) is 4.79 Å². The van der Waals surface area contributed by atoms with Gasteiger partial charge in [0.05, 0.1) is 19.8 Å². The van der Waals surface area contributed by atoms with Crippen molar-refractivity contribution in [3.8, 4) is 11.5 Å². The summed E-state index contributed by atoms with van der Waals surface area (Å²) in [5.41, 5.74) is 0.611. The Morgan fingerprint density at radius 2 is 2.00 bits per heavy atom. The third-order valence-electron chi connectivity index (χ3n) is 3.02. The van der Waals surface area contributed by atoms with Gasteiger partial charge in [0.15, 0.2) is 17.3 Å². The van der Waals surface area contributed by atoms with Crippen molar-refractivity contribution in [1.29, 1.82) is 0 Å². The van der Waals surface area contributed by atoms with E-state index in [9.17, 15) is 4.79 Å². The molecule has 0 aliphatic rings. The first-order chi connectivity index (χ1) is 8.63. The molecule has 0 N–H and O–H groups in total. The van der Waals surface area contributed by atoms with Gasteiger partial charge in [0.2, 0.25) is 0 Å². The zero-order chi connectivity index (χ0) is 13.5. The van der Waals surface area contributed by atoms with E-state index in [2.05, 4.69) is 13.8 Å².